The summed E-state index contributed by atoms with van der Waals surface area (Å²) in [4.78, 5) is 7.03. The van der Waals surface area contributed by atoms with Crippen LogP contribution < -0.4 is 4.90 Å². The molecular weight excluding hydrogens is 794 g/mol. The molecule has 0 saturated carbocycles. The zero-order valence-corrected chi connectivity index (χ0v) is 29.3. The molecule has 9 rings (SSSR count). The summed E-state index contributed by atoms with van der Waals surface area (Å²) in [7, 11) is 0. The number of fused-ring (bicyclic) bond motifs is 4. The number of aromatic nitrogens is 4. The third-order valence-electron chi connectivity index (χ3n) is 9.15. The molecule has 6 heteroatoms. The second kappa shape index (κ2) is 12.9. The molecule has 0 spiro atoms. The molecule has 0 aliphatic rings. The van der Waals surface area contributed by atoms with E-state index >= 15 is 0 Å². The van der Waals surface area contributed by atoms with E-state index in [9.17, 15) is 0 Å². The van der Waals surface area contributed by atoms with Crippen LogP contribution in [0, 0.1) is 19.1 Å². The standard InChI is InChI=1S/C44H32N5.Pt/c1-31-13-6-7-18-37(31)32-25-26-45-44(27-32)49-40-20-9-8-19-38(40)39-24-23-36(29-43(39)49)48(33-14-4-3-5-15-33)35-17-12-16-34(28-35)47-30-46(2)41-21-10-11-22-42(41)47;/h3-27,30H,1-2H3;/q-1;/i2D3;. The van der Waals surface area contributed by atoms with Crippen LogP contribution in [0.3, 0.4) is 0 Å². The zero-order valence-electron chi connectivity index (χ0n) is 30.1. The molecule has 3 heterocycles. The van der Waals surface area contributed by atoms with Crippen molar-refractivity contribution in [1.29, 1.82) is 0 Å². The van der Waals surface area contributed by atoms with E-state index in [1.54, 1.807) is 6.33 Å². The SMILES string of the molecule is [2H]C([2H])([2H])n1[cH+]n(-c2[c-]c(N(c3[c-]c4c(cc3)c3ccccc3n4-c3cc(-c4ccccc4C)ccn3)c3ccccc3)ccc2)c2ccccc21.[Pt]. The summed E-state index contributed by atoms with van der Waals surface area (Å²) in [5.74, 6) is 0.808. The first-order chi connectivity index (χ1) is 25.3. The number of hydrogen-bond donors (Lipinski definition) is 0. The van der Waals surface area contributed by atoms with E-state index in [4.69, 9.17) is 9.10 Å². The summed E-state index contributed by atoms with van der Waals surface area (Å²) in [6.07, 6.45) is 3.51. The molecule has 0 N–H and O–H groups in total. The van der Waals surface area contributed by atoms with E-state index in [1.165, 1.54) is 15.7 Å². The summed E-state index contributed by atoms with van der Waals surface area (Å²) >= 11 is 0. The quantitative estimate of drug-likeness (QED) is 0.156. The van der Waals surface area contributed by atoms with Gasteiger partial charge in [-0.25, -0.2) is 14.1 Å². The smallest absolute Gasteiger partial charge is 0.188 e. The summed E-state index contributed by atoms with van der Waals surface area (Å²) in [6.45, 7) is -0.209. The average molecular weight is 829 g/mol. The van der Waals surface area contributed by atoms with Gasteiger partial charge in [0.1, 0.15) is 5.82 Å². The first-order valence-electron chi connectivity index (χ1n) is 17.7. The molecule has 0 radical (unpaired) electrons. The molecular formula is C44H32N5Pt-. The summed E-state index contributed by atoms with van der Waals surface area (Å²) in [5.41, 5.74) is 10.1. The number of pyridine rings is 1. The average Bonchev–Trinajstić information content (AvgIpc) is 3.73. The second-order valence-electron chi connectivity index (χ2n) is 12.1. The zero-order chi connectivity index (χ0) is 35.4. The van der Waals surface area contributed by atoms with Crippen molar-refractivity contribution in [2.45, 2.75) is 6.92 Å². The molecule has 3 aromatic heterocycles. The van der Waals surface area contributed by atoms with Crippen molar-refractivity contribution in [3.63, 3.8) is 0 Å². The number of benzene rings is 6. The molecule has 0 aliphatic heterocycles. The van der Waals surface area contributed by atoms with E-state index in [0.29, 0.717) is 11.2 Å². The Labute approximate surface area is 309 Å². The molecule has 0 saturated heterocycles. The van der Waals surface area contributed by atoms with Crippen molar-refractivity contribution in [2.75, 3.05) is 4.90 Å². The number of aryl methyl sites for hydroxylation is 2. The Bertz CT molecular complexity index is 2770. The number of rotatable bonds is 6. The van der Waals surface area contributed by atoms with Crippen molar-refractivity contribution in [2.24, 2.45) is 6.98 Å². The third kappa shape index (κ3) is 5.31. The van der Waals surface area contributed by atoms with Gasteiger partial charge in [0.2, 0.25) is 0 Å². The van der Waals surface area contributed by atoms with Gasteiger partial charge in [-0.15, -0.1) is 29.7 Å². The molecule has 0 amide bonds. The summed E-state index contributed by atoms with van der Waals surface area (Å²) < 4.78 is 29.9. The van der Waals surface area contributed by atoms with Crippen LogP contribution in [0.5, 0.6) is 0 Å². The van der Waals surface area contributed by atoms with Crippen molar-refractivity contribution < 1.29 is 25.2 Å². The fourth-order valence-electron chi connectivity index (χ4n) is 6.86. The van der Waals surface area contributed by atoms with Gasteiger partial charge in [0.15, 0.2) is 17.4 Å². The van der Waals surface area contributed by atoms with Crippen LogP contribution in [0.2, 0.25) is 0 Å². The first-order valence-corrected chi connectivity index (χ1v) is 16.2. The van der Waals surface area contributed by atoms with Crippen LogP contribution in [-0.4, -0.2) is 18.7 Å². The molecule has 5 nitrogen and oxygen atoms in total. The fourth-order valence-corrected chi connectivity index (χ4v) is 6.86. The maximum absolute atomic E-state index is 8.17. The van der Waals surface area contributed by atoms with Crippen LogP contribution in [0.15, 0.2) is 158 Å². The minimum Gasteiger partial charge on any atom is -0.358 e. The van der Waals surface area contributed by atoms with Gasteiger partial charge in [-0.1, -0.05) is 83.6 Å². The monoisotopic (exact) mass is 828 g/mol. The fraction of sp³-hybridized carbons (Fsp3) is 0.0455. The maximum atomic E-state index is 8.17. The number of imidazole rings is 1. The van der Waals surface area contributed by atoms with E-state index in [0.717, 1.165) is 55.8 Å². The Morgan fingerprint density at radius 2 is 1.42 bits per heavy atom. The maximum Gasteiger partial charge on any atom is 0.188 e. The van der Waals surface area contributed by atoms with Gasteiger partial charge in [0.05, 0.1) is 0 Å². The molecule has 0 aliphatic carbocycles. The Morgan fingerprint density at radius 3 is 2.26 bits per heavy atom. The normalized spacial score (nSPS) is 12.4. The predicted octanol–water partition coefficient (Wildman–Crippen LogP) is 10.8. The first kappa shape index (κ1) is 28.1. The van der Waals surface area contributed by atoms with Crippen molar-refractivity contribution in [3.05, 3.63) is 176 Å². The number of hydrogen-bond acceptors (Lipinski definition) is 2. The molecule has 0 atom stereocenters. The van der Waals surface area contributed by atoms with E-state index < -0.39 is 6.98 Å². The summed E-state index contributed by atoms with van der Waals surface area (Å²) in [5, 5.41) is 2.19. The van der Waals surface area contributed by atoms with Crippen LogP contribution in [0.1, 0.15) is 9.68 Å². The Kier molecular flexibility index (Phi) is 7.27. The van der Waals surface area contributed by atoms with Gasteiger partial charge in [-0.05, 0) is 71.5 Å². The minimum atomic E-state index is -2.34. The largest absolute Gasteiger partial charge is 0.358 e. The second-order valence-corrected chi connectivity index (χ2v) is 12.1. The molecule has 0 unspecified atom stereocenters. The van der Waals surface area contributed by atoms with Crippen LogP contribution in [-0.2, 0) is 28.0 Å². The van der Waals surface area contributed by atoms with Gasteiger partial charge in [0, 0.05) is 67.4 Å². The van der Waals surface area contributed by atoms with Crippen LogP contribution >= 0.6 is 0 Å². The Balaban J connectivity index is 0.00000400. The molecule has 0 fully saturated rings. The Morgan fingerprint density at radius 1 is 0.680 bits per heavy atom. The molecule has 9 aromatic rings. The molecule has 0 bridgehead atoms. The third-order valence-corrected chi connectivity index (χ3v) is 9.15. The molecule has 6 aromatic carbocycles. The van der Waals surface area contributed by atoms with Crippen molar-refractivity contribution in [1.82, 2.24) is 18.7 Å². The topological polar surface area (TPSA) is 30.9 Å². The minimum absolute atomic E-state index is 0. The number of anilines is 3. The number of para-hydroxylation sites is 4. The van der Waals surface area contributed by atoms with E-state index in [-0.39, 0.29) is 21.1 Å². The summed E-state index contributed by atoms with van der Waals surface area (Å²) in [6, 6.07) is 56.3. The van der Waals surface area contributed by atoms with Crippen molar-refractivity contribution >= 4 is 49.9 Å². The molecule has 244 valence electrons. The van der Waals surface area contributed by atoms with Gasteiger partial charge in [-0.3, -0.25) is 0 Å². The van der Waals surface area contributed by atoms with Gasteiger partial charge in [-0.2, -0.15) is 12.1 Å². The molecule has 50 heavy (non-hydrogen) atoms. The Hall–Kier alpha value is -5.77. The van der Waals surface area contributed by atoms with E-state index in [2.05, 4.69) is 113 Å². The number of nitrogens with zero attached hydrogens (tertiary/aromatic N) is 5. The predicted molar refractivity (Wildman–Crippen MR) is 201 cm³/mol. The van der Waals surface area contributed by atoms with Gasteiger partial charge < -0.3 is 9.47 Å². The van der Waals surface area contributed by atoms with Crippen LogP contribution in [0.25, 0.3) is 55.5 Å². The van der Waals surface area contributed by atoms with Crippen molar-refractivity contribution in [3.8, 4) is 22.6 Å². The van der Waals surface area contributed by atoms with Crippen LogP contribution in [0.4, 0.5) is 17.1 Å². The van der Waals surface area contributed by atoms with E-state index in [1.807, 2.05) is 71.4 Å². The van der Waals surface area contributed by atoms with Gasteiger partial charge >= 0.3 is 0 Å². The van der Waals surface area contributed by atoms with Gasteiger partial charge in [0.25, 0.3) is 0 Å².